The summed E-state index contributed by atoms with van der Waals surface area (Å²) in [4.78, 5) is 12.1. The normalized spacial score (nSPS) is 32.8. The zero-order valence-electron chi connectivity index (χ0n) is 12.8. The van der Waals surface area contributed by atoms with Crippen molar-refractivity contribution in [3.63, 3.8) is 0 Å². The minimum absolute atomic E-state index is 0.234. The van der Waals surface area contributed by atoms with Crippen LogP contribution in [0.1, 0.15) is 6.42 Å². The van der Waals surface area contributed by atoms with E-state index in [1.807, 2.05) is 0 Å². The van der Waals surface area contributed by atoms with Gasteiger partial charge in [0, 0.05) is 12.5 Å². The first-order valence-electron chi connectivity index (χ1n) is 7.07. The summed E-state index contributed by atoms with van der Waals surface area (Å²) >= 11 is 0. The van der Waals surface area contributed by atoms with Gasteiger partial charge in [0.05, 0.1) is 12.1 Å². The number of rotatable bonds is 2. The monoisotopic (exact) mass is 398 g/mol. The number of carboxylic acid groups (broad SMARTS) is 1. The van der Waals surface area contributed by atoms with Crippen molar-refractivity contribution in [3.8, 4) is 0 Å². The standard InChI is InChI=1S/C10H15F3N2O4.C2HF3O2/c11-10(12,13)3-14-9-15-6-5(19-9)1-4(2-16)7(17)8(6)18;3-2(4,5)1(6)7/h4-8,16-18H,1-3H2,(H,14,15);(H,6,7)/t4-,5+,6+,7-,8-;/m1./s1. The van der Waals surface area contributed by atoms with Gasteiger partial charge in [0.1, 0.15) is 18.8 Å². The number of aliphatic hydroxyl groups excluding tert-OH is 3. The lowest BCUT2D eigenvalue weighted by Crippen LogP contribution is -2.56. The van der Waals surface area contributed by atoms with Crippen LogP contribution in [0.25, 0.3) is 0 Å². The highest BCUT2D eigenvalue weighted by atomic mass is 19.4. The van der Waals surface area contributed by atoms with Gasteiger partial charge in [0.15, 0.2) is 0 Å². The number of ether oxygens (including phenoxy) is 1. The molecule has 5 N–H and O–H groups in total. The lowest BCUT2D eigenvalue weighted by atomic mass is 9.80. The van der Waals surface area contributed by atoms with Gasteiger partial charge in [-0.25, -0.2) is 9.79 Å². The Balaban J connectivity index is 0.000000412. The van der Waals surface area contributed by atoms with Crippen LogP contribution in [0, 0.1) is 5.92 Å². The number of hydrogen-bond donors (Lipinski definition) is 5. The number of nitrogens with one attached hydrogen (secondary N) is 1. The van der Waals surface area contributed by atoms with Gasteiger partial charge >= 0.3 is 18.3 Å². The fourth-order valence-electron chi connectivity index (χ4n) is 2.34. The molecule has 0 radical (unpaired) electrons. The van der Waals surface area contributed by atoms with Gasteiger partial charge in [-0.3, -0.25) is 0 Å². The molecule has 1 heterocycles. The maximum atomic E-state index is 12.0. The molecule has 1 saturated heterocycles. The van der Waals surface area contributed by atoms with Crippen LogP contribution in [0.4, 0.5) is 26.3 Å². The number of aliphatic imine (C=N–C) groups is 1. The molecule has 1 saturated carbocycles. The van der Waals surface area contributed by atoms with Gasteiger partial charge in [0.25, 0.3) is 6.02 Å². The number of amidine groups is 1. The third kappa shape index (κ3) is 6.17. The van der Waals surface area contributed by atoms with Crippen molar-refractivity contribution in [1.29, 1.82) is 0 Å². The van der Waals surface area contributed by atoms with Gasteiger partial charge in [-0.05, 0) is 6.42 Å². The second-order valence-electron chi connectivity index (χ2n) is 5.53. The first-order valence-corrected chi connectivity index (χ1v) is 7.07. The predicted molar refractivity (Wildman–Crippen MR) is 71.1 cm³/mol. The Morgan fingerprint density at radius 2 is 1.73 bits per heavy atom. The van der Waals surface area contributed by atoms with Crippen molar-refractivity contribution in [3.05, 3.63) is 0 Å². The molecule has 2 fully saturated rings. The molecule has 0 spiro atoms. The molecule has 2 aliphatic rings. The van der Waals surface area contributed by atoms with Gasteiger partial charge in [-0.15, -0.1) is 0 Å². The summed E-state index contributed by atoms with van der Waals surface area (Å²) in [6.07, 6.45) is -12.3. The number of alkyl halides is 6. The van der Waals surface area contributed by atoms with Crippen LogP contribution in [-0.2, 0) is 9.53 Å². The highest BCUT2D eigenvalue weighted by molar-refractivity contribution is 5.76. The van der Waals surface area contributed by atoms with E-state index in [4.69, 9.17) is 19.7 Å². The highest BCUT2D eigenvalue weighted by Gasteiger charge is 2.48. The summed E-state index contributed by atoms with van der Waals surface area (Å²) in [7, 11) is 0. The number of carboxylic acids is 1. The molecule has 0 aromatic heterocycles. The second kappa shape index (κ2) is 8.26. The van der Waals surface area contributed by atoms with Crippen LogP contribution in [0.5, 0.6) is 0 Å². The zero-order valence-corrected chi connectivity index (χ0v) is 12.8. The van der Waals surface area contributed by atoms with E-state index in [1.165, 1.54) is 0 Å². The predicted octanol–water partition coefficient (Wildman–Crippen LogP) is -0.371. The quantitative estimate of drug-likeness (QED) is 0.401. The molecule has 0 aromatic carbocycles. The van der Waals surface area contributed by atoms with E-state index in [0.717, 1.165) is 0 Å². The summed E-state index contributed by atoms with van der Waals surface area (Å²) in [5, 5.41) is 38.2. The maximum absolute atomic E-state index is 12.0. The molecule has 5 atom stereocenters. The van der Waals surface area contributed by atoms with Crippen LogP contribution in [0.3, 0.4) is 0 Å². The van der Waals surface area contributed by atoms with Crippen molar-refractivity contribution < 1.29 is 56.3 Å². The number of carbonyl (C=O) groups is 1. The third-order valence-electron chi connectivity index (χ3n) is 3.57. The minimum atomic E-state index is -5.08. The minimum Gasteiger partial charge on any atom is -0.475 e. The Morgan fingerprint density at radius 1 is 1.19 bits per heavy atom. The Labute approximate surface area is 142 Å². The number of halogens is 6. The molecule has 1 aliphatic heterocycles. The lowest BCUT2D eigenvalue weighted by molar-refractivity contribution is -0.192. The van der Waals surface area contributed by atoms with Crippen LogP contribution in [0.2, 0.25) is 0 Å². The van der Waals surface area contributed by atoms with Crippen LogP contribution in [-0.4, -0.2) is 82.3 Å². The zero-order chi connectivity index (χ0) is 20.3. The van der Waals surface area contributed by atoms with Crippen molar-refractivity contribution in [2.45, 2.75) is 43.1 Å². The fraction of sp³-hybridized carbons (Fsp3) is 0.833. The van der Waals surface area contributed by atoms with Crippen LogP contribution in [0.15, 0.2) is 4.99 Å². The molecule has 0 aromatic rings. The van der Waals surface area contributed by atoms with E-state index >= 15 is 0 Å². The number of aliphatic hydroxyl groups is 3. The van der Waals surface area contributed by atoms with E-state index < -0.39 is 55.1 Å². The SMILES string of the molecule is O=C(O)C(F)(F)F.OC[C@H]1C[C@@H]2OC(=NCC(F)(F)F)N[C@@H]2[C@@H](O)[C@@H]1O. The van der Waals surface area contributed by atoms with Gasteiger partial charge in [0.2, 0.25) is 0 Å². The van der Waals surface area contributed by atoms with Gasteiger partial charge < -0.3 is 30.5 Å². The summed E-state index contributed by atoms with van der Waals surface area (Å²) in [5.41, 5.74) is 0. The van der Waals surface area contributed by atoms with Crippen molar-refractivity contribution >= 4 is 12.0 Å². The lowest BCUT2D eigenvalue weighted by Gasteiger charge is -2.37. The van der Waals surface area contributed by atoms with Crippen LogP contribution < -0.4 is 5.32 Å². The molecular formula is C12H16F6N2O6. The van der Waals surface area contributed by atoms with E-state index in [1.54, 1.807) is 0 Å². The number of hydrogen-bond acceptors (Lipinski definition) is 6. The molecule has 0 amide bonds. The fourth-order valence-corrected chi connectivity index (χ4v) is 2.34. The van der Waals surface area contributed by atoms with Crippen LogP contribution >= 0.6 is 0 Å². The Hall–Kier alpha value is -1.80. The number of aliphatic carboxylic acids is 1. The van der Waals surface area contributed by atoms with Crippen molar-refractivity contribution in [2.75, 3.05) is 13.2 Å². The largest absolute Gasteiger partial charge is 0.490 e. The van der Waals surface area contributed by atoms with E-state index in [0.29, 0.717) is 0 Å². The first-order chi connectivity index (χ1) is 11.8. The summed E-state index contributed by atoms with van der Waals surface area (Å²) in [6.45, 7) is -1.71. The molecule has 26 heavy (non-hydrogen) atoms. The molecule has 8 nitrogen and oxygen atoms in total. The Kier molecular flexibility index (Phi) is 7.07. The average Bonchev–Trinajstić information content (AvgIpc) is 2.91. The van der Waals surface area contributed by atoms with Crippen molar-refractivity contribution in [2.24, 2.45) is 10.9 Å². The highest BCUT2D eigenvalue weighted by Crippen LogP contribution is 2.30. The van der Waals surface area contributed by atoms with Gasteiger partial charge in [-0.2, -0.15) is 26.3 Å². The maximum Gasteiger partial charge on any atom is 0.490 e. The molecule has 0 bridgehead atoms. The van der Waals surface area contributed by atoms with E-state index in [-0.39, 0.29) is 19.0 Å². The van der Waals surface area contributed by atoms with Gasteiger partial charge in [-0.1, -0.05) is 0 Å². The Bertz CT molecular complexity index is 525. The van der Waals surface area contributed by atoms with E-state index in [9.17, 15) is 36.6 Å². The van der Waals surface area contributed by atoms with E-state index in [2.05, 4.69) is 10.3 Å². The third-order valence-corrected chi connectivity index (χ3v) is 3.57. The molecule has 1 aliphatic carbocycles. The number of nitrogens with zero attached hydrogens (tertiary/aromatic N) is 1. The average molecular weight is 398 g/mol. The molecule has 0 unspecified atom stereocenters. The summed E-state index contributed by atoms with van der Waals surface area (Å²) in [5.74, 6) is -3.33. The second-order valence-corrected chi connectivity index (χ2v) is 5.53. The Morgan fingerprint density at radius 3 is 2.15 bits per heavy atom. The molecular weight excluding hydrogens is 382 g/mol. The topological polar surface area (TPSA) is 132 Å². The smallest absolute Gasteiger partial charge is 0.475 e. The first kappa shape index (κ1) is 22.2. The number of fused-ring (bicyclic) bond motifs is 1. The van der Waals surface area contributed by atoms with Crippen molar-refractivity contribution in [1.82, 2.24) is 5.32 Å². The summed E-state index contributed by atoms with van der Waals surface area (Å²) < 4.78 is 73.0. The molecule has 152 valence electrons. The summed E-state index contributed by atoms with van der Waals surface area (Å²) in [6, 6.07) is -1.01. The molecule has 14 heteroatoms. The molecule has 2 rings (SSSR count).